The zero-order valence-corrected chi connectivity index (χ0v) is 8.48. The molecule has 0 aromatic heterocycles. The molecule has 0 N–H and O–H groups in total. The van der Waals surface area contributed by atoms with Crippen molar-refractivity contribution in [1.29, 1.82) is 0 Å². The fourth-order valence-electron chi connectivity index (χ4n) is 0. The molecule has 0 amide bonds. The average Bonchev–Trinajstić information content (AvgIpc) is 0.918. The van der Waals surface area contributed by atoms with Crippen molar-refractivity contribution < 1.29 is 1.40 Å². The molecule has 0 aromatic rings. The fraction of sp³-hybridized carbons (Fsp3) is 0. The summed E-state index contributed by atoms with van der Waals surface area (Å²) >= 11 is 3.55. The van der Waals surface area contributed by atoms with E-state index in [4.69, 9.17) is 0 Å². The first kappa shape index (κ1) is 9.53. The van der Waals surface area contributed by atoms with Crippen molar-refractivity contribution >= 4 is 70.4 Å². The Kier molecular flexibility index (Phi) is 21.4. The molecule has 0 aromatic carbocycles. The Balaban J connectivity index is 0. The summed E-state index contributed by atoms with van der Waals surface area (Å²) in [4.78, 5) is 0. The minimum Gasteiger partial charge on any atom is -0.247 e. The maximum absolute atomic E-state index is 4.19. The van der Waals surface area contributed by atoms with Crippen LogP contribution in [0.4, 0.5) is 0 Å². The molecule has 1 nitrogen and oxygen atoms in total. The summed E-state index contributed by atoms with van der Waals surface area (Å²) in [6.07, 6.45) is 0. The Morgan fingerprint density at radius 1 is 1.25 bits per heavy atom. The summed E-state index contributed by atoms with van der Waals surface area (Å²) in [5.41, 5.74) is 0. The van der Waals surface area contributed by atoms with Crippen LogP contribution in [0.3, 0.4) is 0 Å². The Bertz CT molecular complexity index is 6.00. The van der Waals surface area contributed by atoms with E-state index in [9.17, 15) is 0 Å². The Morgan fingerprint density at radius 3 is 1.25 bits per heavy atom. The molecule has 0 saturated carbocycles. The third-order valence-electron chi connectivity index (χ3n) is 0. The third kappa shape index (κ3) is 8.87. The summed E-state index contributed by atoms with van der Waals surface area (Å²) in [6.45, 7) is 0. The molecule has 0 aliphatic heterocycles. The van der Waals surface area contributed by atoms with E-state index in [1.165, 1.54) is 0 Å². The molecule has 0 bridgehead atoms. The van der Waals surface area contributed by atoms with Gasteiger partial charge < -0.3 is 0 Å². The molecule has 0 saturated heterocycles. The van der Waals surface area contributed by atoms with Gasteiger partial charge in [0.1, 0.15) is 46.0 Å². The maximum atomic E-state index is 4.19. The molecule has 25 valence electrons. The van der Waals surface area contributed by atoms with Gasteiger partial charge in [0.2, 0.25) is 0 Å². The quantitative estimate of drug-likeness (QED) is 0.447. The molecule has 0 aliphatic rings. The molecule has 0 fully saturated rings. The second-order valence-electron chi connectivity index (χ2n) is 0.0583. The Morgan fingerprint density at radius 2 is 1.25 bits per heavy atom. The van der Waals surface area contributed by atoms with Crippen molar-refractivity contribution in [2.75, 3.05) is 0 Å². The Labute approximate surface area is 70.7 Å². The van der Waals surface area contributed by atoms with Gasteiger partial charge >= 0.3 is 0 Å². The maximum Gasteiger partial charge on any atom is 0.124 e. The summed E-state index contributed by atoms with van der Waals surface area (Å²) < 4.78 is 4.19. The molecule has 0 rings (SSSR count). The molecule has 4 heavy (non-hydrogen) atoms. The van der Waals surface area contributed by atoms with Crippen LogP contribution in [-0.2, 0) is 1.40 Å². The van der Waals surface area contributed by atoms with Crippen molar-refractivity contribution in [3.05, 3.63) is 0 Å². The van der Waals surface area contributed by atoms with Crippen LogP contribution in [0.2, 0.25) is 0 Å². The number of halogens is 2. The minimum atomic E-state index is 0. The second-order valence-corrected chi connectivity index (χ2v) is 2.62. The molecule has 0 atom stereocenters. The normalized spacial score (nSPS) is 4.50. The van der Waals surface area contributed by atoms with E-state index in [1.54, 1.807) is 46.0 Å². The van der Waals surface area contributed by atoms with Gasteiger partial charge in [0, 0.05) is 24.4 Å². The van der Waals surface area contributed by atoms with Gasteiger partial charge in [-0.1, -0.05) is 0 Å². The molecule has 0 spiro atoms. The topological polar surface area (TPSA) is 9.23 Å². The van der Waals surface area contributed by atoms with E-state index in [-0.39, 0.29) is 24.4 Å². The average molecular weight is 392 g/mol. The van der Waals surface area contributed by atoms with Crippen molar-refractivity contribution in [3.63, 3.8) is 0 Å². The predicted octanol–water partition coefficient (Wildman–Crippen LogP) is 1.32. The van der Waals surface area contributed by atoms with Crippen molar-refractivity contribution in [2.24, 2.45) is 0 Å². The second kappa shape index (κ2) is 8.97. The van der Waals surface area contributed by atoms with E-state index >= 15 is 0 Å². The molecule has 0 unspecified atom stereocenters. The van der Waals surface area contributed by atoms with Gasteiger partial charge in [-0.2, -0.15) is 0 Å². The van der Waals surface area contributed by atoms with Crippen LogP contribution in [0, 0.1) is 0 Å². The Hall–Kier alpha value is 2.24. The fourth-order valence-corrected chi connectivity index (χ4v) is 0. The van der Waals surface area contributed by atoms with Crippen LogP contribution in [0.1, 0.15) is 0 Å². The molecule has 4 heteroatoms. The summed E-state index contributed by atoms with van der Waals surface area (Å²) in [6, 6.07) is 0. The van der Waals surface area contributed by atoms with Gasteiger partial charge in [0.15, 0.2) is 0 Å². The standard InChI is InChI=1S/I2O.Sb/c1-3-2;. The molecule has 3 radical (unpaired) electrons. The third-order valence-corrected chi connectivity index (χ3v) is 0. The van der Waals surface area contributed by atoms with Crippen LogP contribution in [0.25, 0.3) is 0 Å². The van der Waals surface area contributed by atoms with E-state index in [2.05, 4.69) is 1.40 Å². The molecular formula is I2OSb. The van der Waals surface area contributed by atoms with Crippen LogP contribution < -0.4 is 0 Å². The SMILES string of the molecule is IOI.[Sb]. The van der Waals surface area contributed by atoms with Gasteiger partial charge in [-0.15, -0.1) is 0 Å². The first-order chi connectivity index (χ1) is 1.41. The predicted molar refractivity (Wildman–Crippen MR) is 34.9 cm³/mol. The van der Waals surface area contributed by atoms with E-state index in [0.29, 0.717) is 0 Å². The van der Waals surface area contributed by atoms with E-state index < -0.39 is 0 Å². The van der Waals surface area contributed by atoms with Crippen LogP contribution in [-0.4, -0.2) is 24.4 Å². The van der Waals surface area contributed by atoms with Crippen molar-refractivity contribution in [1.82, 2.24) is 0 Å². The summed E-state index contributed by atoms with van der Waals surface area (Å²) in [7, 11) is 0. The minimum absolute atomic E-state index is 0. The molecule has 0 aliphatic carbocycles. The van der Waals surface area contributed by atoms with Crippen molar-refractivity contribution in [3.8, 4) is 0 Å². The first-order valence-electron chi connectivity index (χ1n) is 0.309. The van der Waals surface area contributed by atoms with Gasteiger partial charge in [-0.25, -0.2) is 1.40 Å². The largest absolute Gasteiger partial charge is 0.247 e. The van der Waals surface area contributed by atoms with Gasteiger partial charge in [-0.3, -0.25) is 0 Å². The zero-order valence-electron chi connectivity index (χ0n) is 1.61. The van der Waals surface area contributed by atoms with Crippen molar-refractivity contribution in [2.45, 2.75) is 0 Å². The van der Waals surface area contributed by atoms with Crippen LogP contribution >= 0.6 is 46.0 Å². The van der Waals surface area contributed by atoms with Crippen LogP contribution in [0.5, 0.6) is 0 Å². The van der Waals surface area contributed by atoms with E-state index in [0.717, 1.165) is 0 Å². The summed E-state index contributed by atoms with van der Waals surface area (Å²) in [5, 5.41) is 0. The van der Waals surface area contributed by atoms with Crippen LogP contribution in [0.15, 0.2) is 0 Å². The monoisotopic (exact) mass is 391 g/mol. The number of hydrogen-bond acceptors (Lipinski definition) is 1. The summed E-state index contributed by atoms with van der Waals surface area (Å²) in [5.74, 6) is 0. The first-order valence-corrected chi connectivity index (χ1v) is 2.07. The molecular weight excluding hydrogens is 392 g/mol. The van der Waals surface area contributed by atoms with Gasteiger partial charge in [0.05, 0.1) is 0 Å². The number of hydrogen-bond donors (Lipinski definition) is 0. The van der Waals surface area contributed by atoms with Gasteiger partial charge in [-0.05, 0) is 0 Å². The smallest absolute Gasteiger partial charge is 0.124 e. The van der Waals surface area contributed by atoms with E-state index in [1.807, 2.05) is 0 Å². The zero-order chi connectivity index (χ0) is 2.71. The number of rotatable bonds is 0. The van der Waals surface area contributed by atoms with Gasteiger partial charge in [0.25, 0.3) is 0 Å². The molecule has 0 heterocycles.